The lowest BCUT2D eigenvalue weighted by Crippen LogP contribution is -2.53. The maximum absolute atomic E-state index is 13.9. The molecule has 72 heavy (non-hydrogen) atoms. The second-order valence-electron chi connectivity index (χ2n) is 20.6. The number of carbonyl (C=O) groups excluding carboxylic acids is 8. The molecule has 1 fully saturated rings. The quantitative estimate of drug-likeness (QED) is 0.0673. The number of rotatable bonds is 28. The lowest BCUT2D eigenvalue weighted by Gasteiger charge is -2.40. The van der Waals surface area contributed by atoms with Crippen molar-refractivity contribution in [3.05, 3.63) is 48.0 Å². The van der Waals surface area contributed by atoms with Crippen molar-refractivity contribution in [1.29, 1.82) is 0 Å². The molecule has 2 aliphatic rings. The molecule has 6 amide bonds. The first-order chi connectivity index (χ1) is 33.9. The molecule has 1 aromatic carbocycles. The Labute approximate surface area is 433 Å². The lowest BCUT2D eigenvalue weighted by molar-refractivity contribution is -0.148. The molecule has 2 heterocycles. The highest BCUT2D eigenvalue weighted by Crippen LogP contribution is 2.29. The third kappa shape index (κ3) is 21.7. The van der Waals surface area contributed by atoms with Crippen molar-refractivity contribution in [2.75, 3.05) is 55.0 Å². The zero-order chi connectivity index (χ0) is 54.8. The average molecular weight is 1010 g/mol. The molecule has 9 atom stereocenters. The molecule has 1 saturated heterocycles. The van der Waals surface area contributed by atoms with Gasteiger partial charge in [-0.15, -0.1) is 0 Å². The number of nitrogens with zero attached hydrogens (tertiary/aromatic N) is 4. The number of likely N-dealkylation sites (N-methyl/N-ethyl adjacent to an activating group) is 2. The van der Waals surface area contributed by atoms with Crippen LogP contribution in [0, 0.1) is 29.6 Å². The first-order valence-electron chi connectivity index (χ1n) is 26.3. The maximum atomic E-state index is 13.9. The Balaban J connectivity index is 0.000000615. The van der Waals surface area contributed by atoms with Gasteiger partial charge >= 0.3 is 0 Å². The molecule has 0 saturated carbocycles. The molecule has 0 radical (unpaired) electrons. The molecular formula is C56H94N6O10. The minimum absolute atomic E-state index is 0.00676. The largest absolute Gasteiger partial charge is 0.381 e. The highest BCUT2D eigenvalue weighted by Gasteiger charge is 2.40. The number of hydrogen-bond acceptors (Lipinski definition) is 11. The number of benzene rings is 1. The zero-order valence-electron chi connectivity index (χ0n) is 47.0. The Kier molecular flexibility index (Phi) is 30.6. The third-order valence-corrected chi connectivity index (χ3v) is 14.1. The molecule has 2 N–H and O–H groups in total. The van der Waals surface area contributed by atoms with Gasteiger partial charge in [-0.3, -0.25) is 48.2 Å². The summed E-state index contributed by atoms with van der Waals surface area (Å²) in [6.45, 7) is 23.3. The van der Waals surface area contributed by atoms with E-state index in [-0.39, 0.29) is 108 Å². The fourth-order valence-corrected chi connectivity index (χ4v) is 9.34. The Bertz CT molecular complexity index is 1860. The van der Waals surface area contributed by atoms with E-state index in [1.807, 2.05) is 103 Å². The minimum atomic E-state index is -0.563. The Morgan fingerprint density at radius 1 is 0.819 bits per heavy atom. The van der Waals surface area contributed by atoms with E-state index < -0.39 is 18.1 Å². The van der Waals surface area contributed by atoms with Crippen LogP contribution in [0.2, 0.25) is 0 Å². The van der Waals surface area contributed by atoms with Gasteiger partial charge in [-0.1, -0.05) is 92.1 Å². The van der Waals surface area contributed by atoms with Gasteiger partial charge < -0.3 is 29.9 Å². The smallest absolute Gasteiger partial charge is 0.253 e. The number of methoxy groups -OCH3 is 2. The second kappa shape index (κ2) is 33.8. The molecule has 1 aromatic rings. The Hall–Kier alpha value is -4.80. The summed E-state index contributed by atoms with van der Waals surface area (Å²) in [6.07, 6.45) is 8.44. The van der Waals surface area contributed by atoms with Crippen molar-refractivity contribution >= 4 is 47.0 Å². The second-order valence-corrected chi connectivity index (χ2v) is 20.6. The number of ketones is 2. The van der Waals surface area contributed by atoms with Crippen LogP contribution in [0.25, 0.3) is 0 Å². The number of nitrogens with one attached hydrogen (secondary N) is 2. The van der Waals surface area contributed by atoms with Crippen molar-refractivity contribution in [3.8, 4) is 0 Å². The highest BCUT2D eigenvalue weighted by molar-refractivity contribution is 6.12. The summed E-state index contributed by atoms with van der Waals surface area (Å²) in [5, 5.41) is 5.62. The van der Waals surface area contributed by atoms with Crippen LogP contribution in [0.3, 0.4) is 0 Å². The fourth-order valence-electron chi connectivity index (χ4n) is 9.34. The summed E-state index contributed by atoms with van der Waals surface area (Å²) in [4.78, 5) is 105. The summed E-state index contributed by atoms with van der Waals surface area (Å²) in [5.74, 6) is -0.885. The molecule has 16 heteroatoms. The SMILES string of the molecule is CCCN1C(=O)C=CC1=O.CC[C@H](C)[C@@H]([C@@H](CC(=O)N1CCC[C@H]1C)OC)N(C)C(=O)[C@@H](CC(=O)[C@H](C(C)C)N(C)C)C(C)C.CO[C@@H](C)[C@@H](C)C(=O)N[C@@H](Cc1ccccc1)C(=O)CCCCNC(C)=O. The van der Waals surface area contributed by atoms with Gasteiger partial charge in [0.15, 0.2) is 11.6 Å². The van der Waals surface area contributed by atoms with Crippen LogP contribution in [-0.2, 0) is 54.3 Å². The van der Waals surface area contributed by atoms with E-state index in [1.165, 1.54) is 24.0 Å². The van der Waals surface area contributed by atoms with Gasteiger partial charge in [-0.05, 0) is 89.8 Å². The van der Waals surface area contributed by atoms with Crippen molar-refractivity contribution in [2.45, 2.75) is 177 Å². The summed E-state index contributed by atoms with van der Waals surface area (Å²) in [7, 11) is 8.85. The number of amides is 6. The lowest BCUT2D eigenvalue weighted by atomic mass is 9.83. The fraction of sp³-hybridized carbons (Fsp3) is 0.714. The van der Waals surface area contributed by atoms with E-state index in [1.54, 1.807) is 26.0 Å². The number of imide groups is 1. The Morgan fingerprint density at radius 3 is 1.90 bits per heavy atom. The summed E-state index contributed by atoms with van der Waals surface area (Å²) in [5.41, 5.74) is 1.00. The normalized spacial score (nSPS) is 17.7. The van der Waals surface area contributed by atoms with E-state index >= 15 is 0 Å². The van der Waals surface area contributed by atoms with Crippen LogP contribution >= 0.6 is 0 Å². The number of Topliss-reactive ketones (excluding diaryl/α,β-unsaturated/α-hetero) is 2. The van der Waals surface area contributed by atoms with Crippen LogP contribution in [0.4, 0.5) is 0 Å². The molecule has 0 bridgehead atoms. The number of carbonyl (C=O) groups is 8. The van der Waals surface area contributed by atoms with Crippen LogP contribution in [0.5, 0.6) is 0 Å². The average Bonchev–Trinajstić information content (AvgIpc) is 3.91. The summed E-state index contributed by atoms with van der Waals surface area (Å²) in [6, 6.07) is 8.88. The summed E-state index contributed by atoms with van der Waals surface area (Å²) >= 11 is 0. The monoisotopic (exact) mass is 1010 g/mol. The number of likely N-dealkylation sites (tertiary alicyclic amines) is 1. The van der Waals surface area contributed by atoms with Crippen molar-refractivity contribution in [3.63, 3.8) is 0 Å². The molecular weight excluding hydrogens is 917 g/mol. The van der Waals surface area contributed by atoms with Gasteiger partial charge in [0.05, 0.1) is 42.7 Å². The van der Waals surface area contributed by atoms with Gasteiger partial charge in [0.25, 0.3) is 11.8 Å². The maximum Gasteiger partial charge on any atom is 0.253 e. The van der Waals surface area contributed by atoms with E-state index in [9.17, 15) is 38.4 Å². The highest BCUT2D eigenvalue weighted by atomic mass is 16.5. The van der Waals surface area contributed by atoms with Gasteiger partial charge in [0.2, 0.25) is 23.6 Å². The first-order valence-corrected chi connectivity index (χ1v) is 26.3. The molecule has 0 aromatic heterocycles. The number of unbranched alkanes of at least 4 members (excludes halogenated alkanes) is 1. The molecule has 3 rings (SSSR count). The molecule has 0 spiro atoms. The number of ether oxygens (including phenoxy) is 2. The molecule has 0 aliphatic carbocycles. The first kappa shape index (κ1) is 65.2. The van der Waals surface area contributed by atoms with E-state index in [2.05, 4.69) is 31.4 Å². The predicted molar refractivity (Wildman–Crippen MR) is 284 cm³/mol. The standard InChI is InChI=1S/C28H53N3O4.C21H32N2O4.C7H9NO2/c1-12-20(6)27(24(35-11)17-25(33)31-15-13-14-21(31)7)30(10)28(34)22(18(2)3)16-23(32)26(19(4)5)29(8)9;1-15(16(2)27-4)21(26)23-19(14-18-10-6-5-7-11-18)20(25)12-8-9-13-22-17(3)24;1-2-5-8-6(9)3-4-7(8)10/h18-22,24,26-27H,12-17H2,1-11H3;5-7,10-11,15-16,19H,8-9,12-14H2,1-4H3,(H,22,24)(H,23,26);3-4H,2,5H2,1H3/t20-,21+,22-,24+,26-,27-;15-,16+,19+;/m01./s1. The molecule has 16 nitrogen and oxygen atoms in total. The van der Waals surface area contributed by atoms with Gasteiger partial charge in [0.1, 0.15) is 0 Å². The number of hydrogen-bond donors (Lipinski definition) is 2. The van der Waals surface area contributed by atoms with Crippen LogP contribution in [0.1, 0.15) is 140 Å². The van der Waals surface area contributed by atoms with Crippen LogP contribution in [-0.4, -0.2) is 158 Å². The van der Waals surface area contributed by atoms with Gasteiger partial charge in [0, 0.05) is 84.8 Å². The van der Waals surface area contributed by atoms with Gasteiger partial charge in [-0.2, -0.15) is 0 Å². The van der Waals surface area contributed by atoms with Crippen molar-refractivity contribution in [1.82, 2.24) is 30.2 Å². The van der Waals surface area contributed by atoms with Crippen molar-refractivity contribution in [2.24, 2.45) is 29.6 Å². The predicted octanol–water partition coefficient (Wildman–Crippen LogP) is 6.67. The van der Waals surface area contributed by atoms with Crippen LogP contribution < -0.4 is 10.6 Å². The molecule has 408 valence electrons. The zero-order valence-corrected chi connectivity index (χ0v) is 47.0. The minimum Gasteiger partial charge on any atom is -0.381 e. The van der Waals surface area contributed by atoms with Gasteiger partial charge in [-0.25, -0.2) is 0 Å². The van der Waals surface area contributed by atoms with Crippen molar-refractivity contribution < 1.29 is 47.8 Å². The van der Waals surface area contributed by atoms with Crippen LogP contribution in [0.15, 0.2) is 42.5 Å². The third-order valence-electron chi connectivity index (χ3n) is 14.1. The van der Waals surface area contributed by atoms with E-state index in [4.69, 9.17) is 9.47 Å². The Morgan fingerprint density at radius 2 is 1.43 bits per heavy atom. The topological polar surface area (TPSA) is 192 Å². The van der Waals surface area contributed by atoms with E-state index in [0.717, 1.165) is 44.2 Å². The van der Waals surface area contributed by atoms with E-state index in [0.29, 0.717) is 32.4 Å². The molecule has 0 unspecified atom stereocenters. The summed E-state index contributed by atoms with van der Waals surface area (Å²) < 4.78 is 11.1. The molecule has 2 aliphatic heterocycles.